The van der Waals surface area contributed by atoms with Gasteiger partial charge < -0.3 is 15.7 Å². The van der Waals surface area contributed by atoms with Crippen LogP contribution in [0.5, 0.6) is 0 Å². The summed E-state index contributed by atoms with van der Waals surface area (Å²) in [7, 11) is 0. The molecule has 1 fully saturated rings. The molecule has 1 aliphatic rings. The van der Waals surface area contributed by atoms with Crippen LogP contribution in [0.25, 0.3) is 0 Å². The van der Waals surface area contributed by atoms with Gasteiger partial charge in [-0.25, -0.2) is 9.18 Å². The van der Waals surface area contributed by atoms with Crippen molar-refractivity contribution in [3.63, 3.8) is 0 Å². The summed E-state index contributed by atoms with van der Waals surface area (Å²) in [6.07, 6.45) is 0.0279. The van der Waals surface area contributed by atoms with E-state index in [1.54, 1.807) is 18.2 Å². The molecule has 6 heteroatoms. The zero-order chi connectivity index (χ0) is 15.5. The number of amides is 2. The smallest absolute Gasteiger partial charge is 0.315 e. The molecule has 0 spiro atoms. The lowest BCUT2D eigenvalue weighted by Crippen LogP contribution is -2.39. The minimum Gasteiger partial charge on any atom is -0.387 e. The van der Waals surface area contributed by atoms with Gasteiger partial charge in [0.2, 0.25) is 0 Å². The first-order valence-corrected chi connectivity index (χ1v) is 8.08. The molecule has 2 amide bonds. The molecule has 2 aromatic rings. The Morgan fingerprint density at radius 1 is 1.41 bits per heavy atom. The van der Waals surface area contributed by atoms with Gasteiger partial charge in [0.15, 0.2) is 0 Å². The maximum atomic E-state index is 13.6. The van der Waals surface area contributed by atoms with E-state index in [1.807, 2.05) is 16.8 Å². The normalized spacial score (nSPS) is 21.2. The van der Waals surface area contributed by atoms with Crippen molar-refractivity contribution in [2.24, 2.45) is 0 Å². The molecule has 1 aromatic carbocycles. The van der Waals surface area contributed by atoms with Crippen molar-refractivity contribution in [1.82, 2.24) is 10.6 Å². The Kier molecular flexibility index (Phi) is 4.40. The van der Waals surface area contributed by atoms with Crippen molar-refractivity contribution in [1.29, 1.82) is 0 Å². The van der Waals surface area contributed by atoms with Gasteiger partial charge >= 0.3 is 6.03 Å². The van der Waals surface area contributed by atoms with E-state index in [2.05, 4.69) is 10.6 Å². The Labute approximate surface area is 132 Å². The molecule has 3 N–H and O–H groups in total. The summed E-state index contributed by atoms with van der Waals surface area (Å²) in [5.74, 6) is -0.196. The van der Waals surface area contributed by atoms with Crippen LogP contribution in [0.1, 0.15) is 29.6 Å². The average Bonchev–Trinajstić information content (AvgIpc) is 3.03. The van der Waals surface area contributed by atoms with Crippen molar-refractivity contribution >= 4 is 17.4 Å². The minimum absolute atomic E-state index is 0.0359. The maximum absolute atomic E-state index is 13.6. The molecule has 1 aromatic heterocycles. The van der Waals surface area contributed by atoms with Gasteiger partial charge in [-0.05, 0) is 40.4 Å². The molecule has 0 aliphatic heterocycles. The topological polar surface area (TPSA) is 61.4 Å². The average molecular weight is 320 g/mol. The Morgan fingerprint density at radius 2 is 2.23 bits per heavy atom. The zero-order valence-corrected chi connectivity index (χ0v) is 12.6. The summed E-state index contributed by atoms with van der Waals surface area (Å²) in [4.78, 5) is 11.8. The standard InChI is InChI=1S/C16H17FN2O2S/c17-13-4-2-1-3-11(13)12-7-14(12)19-16(21)18-8-15(20)10-5-6-22-9-10/h1-6,9,12,14-15,20H,7-8H2,(H2,18,19,21). The van der Waals surface area contributed by atoms with E-state index < -0.39 is 6.10 Å². The summed E-state index contributed by atoms with van der Waals surface area (Å²) in [6.45, 7) is 0.152. The molecular formula is C16H17FN2O2S. The molecule has 0 saturated heterocycles. The van der Waals surface area contributed by atoms with Crippen molar-refractivity contribution in [3.05, 3.63) is 58.0 Å². The third kappa shape index (κ3) is 3.45. The Bertz CT molecular complexity index is 647. The lowest BCUT2D eigenvalue weighted by Gasteiger charge is -2.11. The lowest BCUT2D eigenvalue weighted by atomic mass is 10.1. The molecule has 116 valence electrons. The minimum atomic E-state index is -0.710. The van der Waals surface area contributed by atoms with Crippen LogP contribution in [0.2, 0.25) is 0 Å². The van der Waals surface area contributed by atoms with Crippen molar-refractivity contribution < 1.29 is 14.3 Å². The molecule has 0 radical (unpaired) electrons. The van der Waals surface area contributed by atoms with Crippen LogP contribution in [0.3, 0.4) is 0 Å². The fourth-order valence-corrected chi connectivity index (χ4v) is 3.17. The van der Waals surface area contributed by atoms with Gasteiger partial charge in [-0.3, -0.25) is 0 Å². The Morgan fingerprint density at radius 3 is 2.95 bits per heavy atom. The highest BCUT2D eigenvalue weighted by Crippen LogP contribution is 2.41. The van der Waals surface area contributed by atoms with Crippen LogP contribution >= 0.6 is 11.3 Å². The Balaban J connectivity index is 1.45. The maximum Gasteiger partial charge on any atom is 0.315 e. The summed E-state index contributed by atoms with van der Waals surface area (Å²) in [5.41, 5.74) is 1.44. The fourth-order valence-electron chi connectivity index (χ4n) is 2.47. The Hall–Kier alpha value is -1.92. The van der Waals surface area contributed by atoms with E-state index in [9.17, 15) is 14.3 Å². The van der Waals surface area contributed by atoms with Crippen LogP contribution in [0.15, 0.2) is 41.1 Å². The number of aliphatic hydroxyl groups excluding tert-OH is 1. The van der Waals surface area contributed by atoms with Gasteiger partial charge in [-0.15, -0.1) is 0 Å². The van der Waals surface area contributed by atoms with Gasteiger partial charge in [0.05, 0.1) is 6.10 Å². The van der Waals surface area contributed by atoms with Gasteiger partial charge in [0, 0.05) is 18.5 Å². The molecule has 1 saturated carbocycles. The molecule has 1 heterocycles. The second-order valence-corrected chi connectivity index (χ2v) is 6.18. The number of carbonyl (C=O) groups excluding carboxylic acids is 1. The largest absolute Gasteiger partial charge is 0.387 e. The van der Waals surface area contributed by atoms with E-state index in [0.29, 0.717) is 5.56 Å². The highest BCUT2D eigenvalue weighted by molar-refractivity contribution is 7.07. The van der Waals surface area contributed by atoms with Gasteiger partial charge in [0.1, 0.15) is 5.82 Å². The molecule has 4 nitrogen and oxygen atoms in total. The second kappa shape index (κ2) is 6.46. The van der Waals surface area contributed by atoms with Gasteiger partial charge in [-0.1, -0.05) is 18.2 Å². The number of benzene rings is 1. The van der Waals surface area contributed by atoms with Crippen LogP contribution in [-0.4, -0.2) is 23.7 Å². The lowest BCUT2D eigenvalue weighted by molar-refractivity contribution is 0.173. The SMILES string of the molecule is O=C(NCC(O)c1ccsc1)NC1CC1c1ccccc1F. The summed E-state index contributed by atoms with van der Waals surface area (Å²) < 4.78 is 13.6. The first-order valence-electron chi connectivity index (χ1n) is 7.14. The van der Waals surface area contributed by atoms with Crippen molar-refractivity contribution in [3.8, 4) is 0 Å². The number of thiophene rings is 1. The second-order valence-electron chi connectivity index (χ2n) is 5.40. The quantitative estimate of drug-likeness (QED) is 0.793. The summed E-state index contributed by atoms with van der Waals surface area (Å²) in [6, 6.07) is 8.08. The van der Waals surface area contributed by atoms with Gasteiger partial charge in [0.25, 0.3) is 0 Å². The molecule has 22 heavy (non-hydrogen) atoms. The number of hydrogen-bond acceptors (Lipinski definition) is 3. The highest BCUT2D eigenvalue weighted by atomic mass is 32.1. The van der Waals surface area contributed by atoms with Gasteiger partial charge in [-0.2, -0.15) is 11.3 Å². The number of rotatable bonds is 5. The third-order valence-corrected chi connectivity index (χ3v) is 4.50. The summed E-state index contributed by atoms with van der Waals surface area (Å²) >= 11 is 1.50. The van der Waals surface area contributed by atoms with E-state index in [4.69, 9.17) is 0 Å². The first kappa shape index (κ1) is 15.0. The van der Waals surface area contributed by atoms with Crippen LogP contribution in [0, 0.1) is 5.82 Å². The number of aliphatic hydroxyl groups is 1. The van der Waals surface area contributed by atoms with Crippen molar-refractivity contribution in [2.45, 2.75) is 24.5 Å². The number of halogens is 1. The number of hydrogen-bond donors (Lipinski definition) is 3. The molecule has 0 bridgehead atoms. The molecule has 3 rings (SSSR count). The monoisotopic (exact) mass is 320 g/mol. The zero-order valence-electron chi connectivity index (χ0n) is 11.8. The van der Waals surface area contributed by atoms with E-state index in [1.165, 1.54) is 17.4 Å². The number of nitrogens with one attached hydrogen (secondary N) is 2. The van der Waals surface area contributed by atoms with E-state index >= 15 is 0 Å². The van der Waals surface area contributed by atoms with Crippen molar-refractivity contribution in [2.75, 3.05) is 6.54 Å². The predicted octanol–water partition coefficient (Wildman–Crippen LogP) is 2.78. The summed E-state index contributed by atoms with van der Waals surface area (Å²) in [5, 5.41) is 19.1. The number of carbonyl (C=O) groups is 1. The number of urea groups is 1. The van der Waals surface area contributed by atoms with Crippen LogP contribution < -0.4 is 10.6 Å². The van der Waals surface area contributed by atoms with Crippen LogP contribution in [0.4, 0.5) is 9.18 Å². The fraction of sp³-hybridized carbons (Fsp3) is 0.312. The first-order chi connectivity index (χ1) is 10.6. The molecule has 3 atom stereocenters. The third-order valence-electron chi connectivity index (χ3n) is 3.80. The van der Waals surface area contributed by atoms with Crippen LogP contribution in [-0.2, 0) is 0 Å². The predicted molar refractivity (Wildman–Crippen MR) is 83.4 cm³/mol. The molecule has 1 aliphatic carbocycles. The molecule has 3 unspecified atom stereocenters. The molecular weight excluding hydrogens is 303 g/mol. The van der Waals surface area contributed by atoms with E-state index in [-0.39, 0.29) is 30.4 Å². The van der Waals surface area contributed by atoms with E-state index in [0.717, 1.165) is 12.0 Å². The highest BCUT2D eigenvalue weighted by Gasteiger charge is 2.40.